The van der Waals surface area contributed by atoms with Crippen molar-refractivity contribution in [2.75, 3.05) is 6.61 Å². The maximum Gasteiger partial charge on any atom is 0.143 e. The number of aliphatic hydroxyl groups is 4. The lowest BCUT2D eigenvalue weighted by Crippen LogP contribution is -2.61. The fourth-order valence-electron chi connectivity index (χ4n) is 1.36. The molecule has 1 aliphatic heterocycles. The highest BCUT2D eigenvalue weighted by Gasteiger charge is 2.44. The average molecular weight is 206 g/mol. The number of nitrogens with two attached hydrogens (primary N) is 1. The van der Waals surface area contributed by atoms with E-state index < -0.39 is 43.0 Å². The number of hydrogen-bond acceptors (Lipinski definition) is 6. The van der Waals surface area contributed by atoms with Gasteiger partial charge in [0, 0.05) is 0 Å². The van der Waals surface area contributed by atoms with Gasteiger partial charge in [0.2, 0.25) is 0 Å². The van der Waals surface area contributed by atoms with Gasteiger partial charge in [-0.2, -0.15) is 0 Å². The summed E-state index contributed by atoms with van der Waals surface area (Å²) < 4.78 is 4.93. The van der Waals surface area contributed by atoms with E-state index in [1.165, 1.54) is 0 Å². The molecule has 1 rings (SSSR count). The second-order valence-corrected chi connectivity index (χ2v) is 3.20. The summed E-state index contributed by atoms with van der Waals surface area (Å²) in [6.45, 7) is -0.519. The number of amidine groups is 1. The zero-order valence-electron chi connectivity index (χ0n) is 7.37. The third kappa shape index (κ3) is 1.86. The zero-order valence-corrected chi connectivity index (χ0v) is 7.37. The monoisotopic (exact) mass is 206 g/mol. The molecule has 0 radical (unpaired) electrons. The van der Waals surface area contributed by atoms with Gasteiger partial charge in [-0.05, 0) is 0 Å². The van der Waals surface area contributed by atoms with Gasteiger partial charge in [0.05, 0.1) is 6.61 Å². The third-order valence-electron chi connectivity index (χ3n) is 2.20. The van der Waals surface area contributed by atoms with Gasteiger partial charge in [0.1, 0.15) is 36.4 Å². The van der Waals surface area contributed by atoms with Crippen LogP contribution in [0.3, 0.4) is 0 Å². The third-order valence-corrected chi connectivity index (χ3v) is 2.20. The Labute approximate surface area is 80.2 Å². The number of rotatable bonds is 2. The Morgan fingerprint density at radius 2 is 1.79 bits per heavy atom. The summed E-state index contributed by atoms with van der Waals surface area (Å²) in [5, 5.41) is 43.8. The molecule has 1 aliphatic rings. The predicted molar refractivity (Wildman–Crippen MR) is 45.7 cm³/mol. The molecule has 5 unspecified atom stereocenters. The lowest BCUT2D eigenvalue weighted by Gasteiger charge is -2.39. The van der Waals surface area contributed by atoms with Crippen molar-refractivity contribution in [1.82, 2.24) is 0 Å². The summed E-state index contributed by atoms with van der Waals surface area (Å²) in [4.78, 5) is 0. The van der Waals surface area contributed by atoms with E-state index in [4.69, 9.17) is 21.0 Å². The summed E-state index contributed by atoms with van der Waals surface area (Å²) in [5.41, 5.74) is 5.11. The molecule has 7 heteroatoms. The minimum Gasteiger partial charge on any atom is -0.394 e. The van der Waals surface area contributed by atoms with E-state index in [1.807, 2.05) is 0 Å². The van der Waals surface area contributed by atoms with Crippen LogP contribution < -0.4 is 5.73 Å². The summed E-state index contributed by atoms with van der Waals surface area (Å²) in [5.74, 6) is -0.457. The van der Waals surface area contributed by atoms with Crippen molar-refractivity contribution >= 4 is 5.84 Å². The van der Waals surface area contributed by atoms with Crippen LogP contribution in [0.2, 0.25) is 0 Å². The van der Waals surface area contributed by atoms with Crippen LogP contribution in [0.5, 0.6) is 0 Å². The Hall–Kier alpha value is -0.730. The van der Waals surface area contributed by atoms with Gasteiger partial charge >= 0.3 is 0 Å². The van der Waals surface area contributed by atoms with E-state index in [1.54, 1.807) is 0 Å². The van der Waals surface area contributed by atoms with Gasteiger partial charge in [0.15, 0.2) is 0 Å². The van der Waals surface area contributed by atoms with Gasteiger partial charge in [-0.3, -0.25) is 5.41 Å². The molecule has 0 amide bonds. The number of nitrogens with one attached hydrogen (secondary N) is 1. The van der Waals surface area contributed by atoms with Gasteiger partial charge in [-0.15, -0.1) is 0 Å². The van der Waals surface area contributed by atoms with Crippen LogP contribution in [-0.2, 0) is 4.74 Å². The molecule has 0 aliphatic carbocycles. The van der Waals surface area contributed by atoms with E-state index in [9.17, 15) is 15.3 Å². The molecular weight excluding hydrogens is 192 g/mol. The molecule has 7 nitrogen and oxygen atoms in total. The summed E-state index contributed by atoms with van der Waals surface area (Å²) in [6, 6.07) is 0. The van der Waals surface area contributed by atoms with Crippen LogP contribution in [-0.4, -0.2) is 63.4 Å². The van der Waals surface area contributed by atoms with Gasteiger partial charge < -0.3 is 30.9 Å². The van der Waals surface area contributed by atoms with Crippen LogP contribution in [0.15, 0.2) is 0 Å². The van der Waals surface area contributed by atoms with E-state index in [2.05, 4.69) is 0 Å². The molecule has 0 spiro atoms. The van der Waals surface area contributed by atoms with E-state index in [0.29, 0.717) is 0 Å². The first-order valence-electron chi connectivity index (χ1n) is 4.13. The molecular formula is C7H14N2O5. The first kappa shape index (κ1) is 11.3. The Kier molecular flexibility index (Phi) is 3.40. The van der Waals surface area contributed by atoms with Gasteiger partial charge in [-0.25, -0.2) is 0 Å². The molecule has 0 aromatic heterocycles. The lowest BCUT2D eigenvalue weighted by atomic mass is 9.95. The Balaban J connectivity index is 2.78. The average Bonchev–Trinajstić information content (AvgIpc) is 2.14. The lowest BCUT2D eigenvalue weighted by molar-refractivity contribution is -0.212. The molecule has 14 heavy (non-hydrogen) atoms. The summed E-state index contributed by atoms with van der Waals surface area (Å²) in [6.07, 6.45) is -6.54. The molecule has 0 aromatic carbocycles. The van der Waals surface area contributed by atoms with Crippen molar-refractivity contribution in [3.63, 3.8) is 0 Å². The second-order valence-electron chi connectivity index (χ2n) is 3.20. The van der Waals surface area contributed by atoms with Crippen molar-refractivity contribution in [2.45, 2.75) is 30.5 Å². The van der Waals surface area contributed by atoms with Gasteiger partial charge in [0.25, 0.3) is 0 Å². The molecule has 1 fully saturated rings. The first-order valence-corrected chi connectivity index (χ1v) is 4.13. The highest BCUT2D eigenvalue weighted by Crippen LogP contribution is 2.20. The second kappa shape index (κ2) is 4.20. The first-order chi connectivity index (χ1) is 6.49. The minimum absolute atomic E-state index is 0.457. The summed E-state index contributed by atoms with van der Waals surface area (Å²) >= 11 is 0. The maximum atomic E-state index is 9.35. The molecule has 0 saturated carbocycles. The summed E-state index contributed by atoms with van der Waals surface area (Å²) in [7, 11) is 0. The van der Waals surface area contributed by atoms with Crippen LogP contribution in [0.1, 0.15) is 0 Å². The molecule has 0 bridgehead atoms. The SMILES string of the molecule is N=C(N)C1OC(CO)C(O)C(O)C1O. The molecule has 1 saturated heterocycles. The number of hydrogen-bond donors (Lipinski definition) is 6. The van der Waals surface area contributed by atoms with E-state index in [-0.39, 0.29) is 0 Å². The van der Waals surface area contributed by atoms with Crippen LogP contribution in [0, 0.1) is 5.41 Å². The zero-order chi connectivity index (χ0) is 10.9. The Bertz CT molecular complexity index is 222. The van der Waals surface area contributed by atoms with Crippen LogP contribution in [0.25, 0.3) is 0 Å². The largest absolute Gasteiger partial charge is 0.394 e. The van der Waals surface area contributed by atoms with E-state index >= 15 is 0 Å². The van der Waals surface area contributed by atoms with Crippen molar-refractivity contribution < 1.29 is 25.2 Å². The Morgan fingerprint density at radius 3 is 2.21 bits per heavy atom. The molecule has 0 aromatic rings. The van der Waals surface area contributed by atoms with Crippen LogP contribution in [0.4, 0.5) is 0 Å². The standard InChI is InChI=1S/C7H14N2O5/c8-7(9)6-5(13)4(12)3(11)2(1-10)14-6/h2-6,10-13H,1H2,(H3,8,9). The van der Waals surface area contributed by atoms with E-state index in [0.717, 1.165) is 0 Å². The number of aliphatic hydroxyl groups excluding tert-OH is 4. The fourth-order valence-corrected chi connectivity index (χ4v) is 1.36. The fraction of sp³-hybridized carbons (Fsp3) is 0.857. The normalized spacial score (nSPS) is 43.6. The number of ether oxygens (including phenoxy) is 1. The van der Waals surface area contributed by atoms with Gasteiger partial charge in [-0.1, -0.05) is 0 Å². The molecule has 7 N–H and O–H groups in total. The molecule has 1 heterocycles. The smallest absolute Gasteiger partial charge is 0.143 e. The van der Waals surface area contributed by atoms with Crippen molar-refractivity contribution in [1.29, 1.82) is 5.41 Å². The van der Waals surface area contributed by atoms with Crippen molar-refractivity contribution in [3.8, 4) is 0 Å². The highest BCUT2D eigenvalue weighted by molar-refractivity contribution is 5.82. The minimum atomic E-state index is -1.48. The van der Waals surface area contributed by atoms with Crippen molar-refractivity contribution in [3.05, 3.63) is 0 Å². The highest BCUT2D eigenvalue weighted by atomic mass is 16.5. The topological polar surface area (TPSA) is 140 Å². The quantitative estimate of drug-likeness (QED) is 0.207. The van der Waals surface area contributed by atoms with Crippen LogP contribution >= 0.6 is 0 Å². The molecule has 82 valence electrons. The Morgan fingerprint density at radius 1 is 1.21 bits per heavy atom. The maximum absolute atomic E-state index is 9.35. The molecule has 5 atom stereocenters. The van der Waals surface area contributed by atoms with Crippen molar-refractivity contribution in [2.24, 2.45) is 5.73 Å². The predicted octanol–water partition coefficient (Wildman–Crippen LogP) is -3.24.